The molecule has 25 heavy (non-hydrogen) atoms. The van der Waals surface area contributed by atoms with Crippen LogP contribution in [0.3, 0.4) is 0 Å². The van der Waals surface area contributed by atoms with E-state index in [1.165, 1.54) is 16.7 Å². The molecule has 2 N–H and O–H groups in total. The molecule has 0 spiro atoms. The van der Waals surface area contributed by atoms with Gasteiger partial charge in [-0.3, -0.25) is 0 Å². The molecule has 2 nitrogen and oxygen atoms in total. The summed E-state index contributed by atoms with van der Waals surface area (Å²) in [6, 6.07) is 23.4. The molecule has 3 aromatic carbocycles. The fourth-order valence-corrected chi connectivity index (χ4v) is 3.42. The number of hydrogen-bond donors (Lipinski definition) is 2. The summed E-state index contributed by atoms with van der Waals surface area (Å²) in [6.07, 6.45) is 0. The van der Waals surface area contributed by atoms with Gasteiger partial charge in [0.2, 0.25) is 0 Å². The first-order chi connectivity index (χ1) is 11.9. The van der Waals surface area contributed by atoms with Crippen LogP contribution in [0.15, 0.2) is 72.8 Å². The maximum Gasteiger partial charge on any atom is 0.115 e. The van der Waals surface area contributed by atoms with E-state index in [0.29, 0.717) is 0 Å². The van der Waals surface area contributed by atoms with E-state index < -0.39 is 0 Å². The number of phenolic OH excluding ortho intramolecular Hbond substituents is 2. The van der Waals surface area contributed by atoms with E-state index in [0.717, 1.165) is 5.56 Å². The standard InChI is InChI=1S/C23H24O2/c1-16(17-8-12-19(24)13-9-17)21-6-4-5-7-22(21)23(2,3)18-10-14-20(25)15-11-18/h4-16,24-25H,1-3H3. The number of benzene rings is 3. The van der Waals surface area contributed by atoms with Gasteiger partial charge in [0.05, 0.1) is 0 Å². The molecule has 0 aliphatic heterocycles. The average Bonchev–Trinajstić information content (AvgIpc) is 2.62. The van der Waals surface area contributed by atoms with Crippen LogP contribution in [0.2, 0.25) is 0 Å². The Kier molecular flexibility index (Phi) is 4.54. The maximum atomic E-state index is 9.59. The average molecular weight is 332 g/mol. The Morgan fingerprint density at radius 3 is 1.84 bits per heavy atom. The molecule has 0 fully saturated rings. The summed E-state index contributed by atoms with van der Waals surface area (Å²) >= 11 is 0. The quantitative estimate of drug-likeness (QED) is 0.655. The SMILES string of the molecule is CC(c1ccc(O)cc1)c1ccccc1C(C)(C)c1ccc(O)cc1. The van der Waals surface area contributed by atoms with Crippen molar-refractivity contribution in [2.45, 2.75) is 32.1 Å². The van der Waals surface area contributed by atoms with Gasteiger partial charge in [0.1, 0.15) is 11.5 Å². The lowest BCUT2D eigenvalue weighted by molar-refractivity contribution is 0.474. The van der Waals surface area contributed by atoms with Crippen LogP contribution in [-0.4, -0.2) is 10.2 Å². The zero-order valence-electron chi connectivity index (χ0n) is 14.9. The second-order valence-corrected chi connectivity index (χ2v) is 7.07. The predicted molar refractivity (Wildman–Crippen MR) is 102 cm³/mol. The molecule has 3 rings (SSSR count). The highest BCUT2D eigenvalue weighted by molar-refractivity contribution is 5.47. The van der Waals surface area contributed by atoms with Crippen molar-refractivity contribution in [3.8, 4) is 11.5 Å². The Balaban J connectivity index is 2.06. The van der Waals surface area contributed by atoms with Gasteiger partial charge < -0.3 is 10.2 Å². The first kappa shape index (κ1) is 17.1. The molecular weight excluding hydrogens is 308 g/mol. The van der Waals surface area contributed by atoms with Crippen LogP contribution in [0.1, 0.15) is 48.9 Å². The highest BCUT2D eigenvalue weighted by Crippen LogP contribution is 2.38. The Morgan fingerprint density at radius 2 is 1.24 bits per heavy atom. The van der Waals surface area contributed by atoms with Crippen LogP contribution in [-0.2, 0) is 5.41 Å². The molecule has 0 aliphatic carbocycles. The topological polar surface area (TPSA) is 40.5 Å². The largest absolute Gasteiger partial charge is 0.508 e. The molecule has 0 amide bonds. The smallest absolute Gasteiger partial charge is 0.115 e. The molecule has 0 heterocycles. The van der Waals surface area contributed by atoms with Crippen molar-refractivity contribution in [1.29, 1.82) is 0 Å². The van der Waals surface area contributed by atoms with Gasteiger partial charge in [-0.1, -0.05) is 69.3 Å². The molecule has 0 aliphatic rings. The van der Waals surface area contributed by atoms with E-state index in [2.05, 4.69) is 45.0 Å². The van der Waals surface area contributed by atoms with Crippen LogP contribution >= 0.6 is 0 Å². The normalized spacial score (nSPS) is 12.8. The van der Waals surface area contributed by atoms with Crippen LogP contribution in [0.4, 0.5) is 0 Å². The Bertz CT molecular complexity index is 846. The number of phenols is 2. The number of rotatable bonds is 4. The van der Waals surface area contributed by atoms with Crippen molar-refractivity contribution in [3.05, 3.63) is 95.1 Å². The number of aromatic hydroxyl groups is 2. The third-order valence-electron chi connectivity index (χ3n) is 5.08. The van der Waals surface area contributed by atoms with Gasteiger partial charge in [-0.15, -0.1) is 0 Å². The molecule has 0 saturated carbocycles. The van der Waals surface area contributed by atoms with E-state index in [1.54, 1.807) is 24.3 Å². The highest BCUT2D eigenvalue weighted by atomic mass is 16.3. The summed E-state index contributed by atoms with van der Waals surface area (Å²) in [6.45, 7) is 6.61. The van der Waals surface area contributed by atoms with Gasteiger partial charge >= 0.3 is 0 Å². The molecule has 0 bridgehead atoms. The van der Waals surface area contributed by atoms with Crippen LogP contribution in [0.5, 0.6) is 11.5 Å². The summed E-state index contributed by atoms with van der Waals surface area (Å²) in [5.74, 6) is 0.784. The summed E-state index contributed by atoms with van der Waals surface area (Å²) in [7, 11) is 0. The molecule has 0 radical (unpaired) electrons. The summed E-state index contributed by atoms with van der Waals surface area (Å²) in [5.41, 5.74) is 4.69. The third kappa shape index (κ3) is 3.39. The van der Waals surface area contributed by atoms with Crippen molar-refractivity contribution in [1.82, 2.24) is 0 Å². The molecule has 1 unspecified atom stereocenters. The van der Waals surface area contributed by atoms with E-state index in [-0.39, 0.29) is 22.8 Å². The van der Waals surface area contributed by atoms with Crippen molar-refractivity contribution in [2.24, 2.45) is 0 Å². The number of hydrogen-bond acceptors (Lipinski definition) is 2. The monoisotopic (exact) mass is 332 g/mol. The zero-order chi connectivity index (χ0) is 18.0. The third-order valence-corrected chi connectivity index (χ3v) is 5.08. The van der Waals surface area contributed by atoms with E-state index in [9.17, 15) is 10.2 Å². The van der Waals surface area contributed by atoms with Gasteiger partial charge in [0.15, 0.2) is 0 Å². The second kappa shape index (κ2) is 6.64. The molecule has 2 heteroatoms. The Labute approximate surface area is 149 Å². The van der Waals surface area contributed by atoms with E-state index in [1.807, 2.05) is 24.3 Å². The summed E-state index contributed by atoms with van der Waals surface area (Å²) in [5, 5.41) is 19.1. The summed E-state index contributed by atoms with van der Waals surface area (Å²) < 4.78 is 0. The molecule has 0 aromatic heterocycles. The minimum atomic E-state index is -0.185. The van der Waals surface area contributed by atoms with Gasteiger partial charge in [-0.2, -0.15) is 0 Å². The van der Waals surface area contributed by atoms with Crippen LogP contribution in [0, 0.1) is 0 Å². The minimum absolute atomic E-state index is 0.185. The van der Waals surface area contributed by atoms with Crippen molar-refractivity contribution in [3.63, 3.8) is 0 Å². The van der Waals surface area contributed by atoms with Gasteiger partial charge in [-0.05, 0) is 46.5 Å². The molecular formula is C23H24O2. The molecule has 128 valence electrons. The predicted octanol–water partition coefficient (Wildman–Crippen LogP) is 5.58. The lowest BCUT2D eigenvalue weighted by Gasteiger charge is -2.30. The second-order valence-electron chi connectivity index (χ2n) is 7.07. The minimum Gasteiger partial charge on any atom is -0.508 e. The first-order valence-corrected chi connectivity index (χ1v) is 8.57. The van der Waals surface area contributed by atoms with E-state index in [4.69, 9.17) is 0 Å². The van der Waals surface area contributed by atoms with Crippen LogP contribution < -0.4 is 0 Å². The molecule has 1 atom stereocenters. The Hall–Kier alpha value is -2.74. The first-order valence-electron chi connectivity index (χ1n) is 8.57. The van der Waals surface area contributed by atoms with Gasteiger partial charge in [0, 0.05) is 11.3 Å². The van der Waals surface area contributed by atoms with Crippen LogP contribution in [0.25, 0.3) is 0 Å². The fourth-order valence-electron chi connectivity index (χ4n) is 3.42. The molecule has 0 saturated heterocycles. The Morgan fingerprint density at radius 1 is 0.720 bits per heavy atom. The van der Waals surface area contributed by atoms with Crippen molar-refractivity contribution >= 4 is 0 Å². The fraction of sp³-hybridized carbons (Fsp3) is 0.217. The molecule has 3 aromatic rings. The summed E-state index contributed by atoms with van der Waals surface area (Å²) in [4.78, 5) is 0. The lowest BCUT2D eigenvalue weighted by atomic mass is 9.73. The lowest BCUT2D eigenvalue weighted by Crippen LogP contribution is -2.21. The van der Waals surface area contributed by atoms with Gasteiger partial charge in [-0.25, -0.2) is 0 Å². The van der Waals surface area contributed by atoms with Crippen molar-refractivity contribution < 1.29 is 10.2 Å². The van der Waals surface area contributed by atoms with Gasteiger partial charge in [0.25, 0.3) is 0 Å². The zero-order valence-corrected chi connectivity index (χ0v) is 14.9. The van der Waals surface area contributed by atoms with E-state index >= 15 is 0 Å². The highest BCUT2D eigenvalue weighted by Gasteiger charge is 2.27. The van der Waals surface area contributed by atoms with Crippen molar-refractivity contribution in [2.75, 3.05) is 0 Å². The maximum absolute atomic E-state index is 9.59.